The average Bonchev–Trinajstić information content (AvgIpc) is 2.27. The quantitative estimate of drug-likeness (QED) is 0.587. The van der Waals surface area contributed by atoms with Crippen LogP contribution in [-0.2, 0) is 9.59 Å². The summed E-state index contributed by atoms with van der Waals surface area (Å²) >= 11 is 0. The monoisotopic (exact) mass is 253 g/mol. The summed E-state index contributed by atoms with van der Waals surface area (Å²) in [5.41, 5.74) is 0.0478. The Balaban J connectivity index is 2.78. The highest BCUT2D eigenvalue weighted by Gasteiger charge is 2.23. The van der Waals surface area contributed by atoms with Gasteiger partial charge in [-0.25, -0.2) is 4.79 Å². The van der Waals surface area contributed by atoms with Crippen molar-refractivity contribution in [2.45, 2.75) is 12.5 Å². The van der Waals surface area contributed by atoms with Gasteiger partial charge in [-0.1, -0.05) is 6.07 Å². The summed E-state index contributed by atoms with van der Waals surface area (Å²) in [5, 5.41) is 28.5. The molecule has 7 heteroatoms. The molecule has 1 aromatic carbocycles. The third kappa shape index (κ3) is 3.78. The molecule has 0 spiro atoms. The smallest absolute Gasteiger partial charge is 0.326 e. The molecule has 0 aliphatic rings. The number of hydrogen-bond donors (Lipinski definition) is 4. The van der Waals surface area contributed by atoms with Crippen molar-refractivity contribution < 1.29 is 29.7 Å². The maximum Gasteiger partial charge on any atom is 0.326 e. The van der Waals surface area contributed by atoms with Gasteiger partial charge in [-0.2, -0.15) is 0 Å². The molecule has 0 unspecified atom stereocenters. The lowest BCUT2D eigenvalue weighted by molar-refractivity contribution is -0.145. The van der Waals surface area contributed by atoms with Gasteiger partial charge in [-0.3, -0.25) is 9.59 Å². The molecule has 0 heterocycles. The molecule has 0 fully saturated rings. The molecule has 0 radical (unpaired) electrons. The Kier molecular flexibility index (Phi) is 4.25. The molecule has 1 aromatic rings. The third-order valence-electron chi connectivity index (χ3n) is 2.09. The minimum atomic E-state index is -1.52. The molecule has 1 atom stereocenters. The molecular formula is C11H11NO6. The molecule has 0 aromatic heterocycles. The fourth-order valence-electron chi connectivity index (χ4n) is 1.26. The fourth-order valence-corrected chi connectivity index (χ4v) is 1.26. The second-order valence-electron chi connectivity index (χ2n) is 3.51. The van der Waals surface area contributed by atoms with E-state index in [4.69, 9.17) is 15.3 Å². The zero-order chi connectivity index (χ0) is 13.7. The highest BCUT2D eigenvalue weighted by Crippen LogP contribution is 2.11. The first-order chi connectivity index (χ1) is 8.40. The molecule has 96 valence electrons. The van der Waals surface area contributed by atoms with Crippen molar-refractivity contribution in [3.8, 4) is 5.75 Å². The van der Waals surface area contributed by atoms with Crippen molar-refractivity contribution in [1.82, 2.24) is 5.32 Å². The van der Waals surface area contributed by atoms with Crippen LogP contribution in [-0.4, -0.2) is 39.2 Å². The van der Waals surface area contributed by atoms with Gasteiger partial charge in [0.1, 0.15) is 11.8 Å². The van der Waals surface area contributed by atoms with Crippen molar-refractivity contribution in [3.63, 3.8) is 0 Å². The Morgan fingerprint density at radius 2 is 1.89 bits per heavy atom. The maximum atomic E-state index is 11.6. The lowest BCUT2D eigenvalue weighted by Gasteiger charge is -2.12. The van der Waals surface area contributed by atoms with E-state index in [1.807, 2.05) is 0 Å². The van der Waals surface area contributed by atoms with Crippen LogP contribution in [0.1, 0.15) is 16.8 Å². The molecule has 0 aliphatic carbocycles. The van der Waals surface area contributed by atoms with Crippen molar-refractivity contribution in [2.24, 2.45) is 0 Å². The highest BCUT2D eigenvalue weighted by molar-refractivity contribution is 5.97. The van der Waals surface area contributed by atoms with Crippen LogP contribution >= 0.6 is 0 Å². The van der Waals surface area contributed by atoms with Crippen LogP contribution in [0.25, 0.3) is 0 Å². The van der Waals surface area contributed by atoms with E-state index in [2.05, 4.69) is 5.32 Å². The molecule has 0 bridgehead atoms. The zero-order valence-corrected chi connectivity index (χ0v) is 9.16. The molecule has 4 N–H and O–H groups in total. The number of phenols is 1. The summed E-state index contributed by atoms with van der Waals surface area (Å²) in [6.45, 7) is 0. The van der Waals surface area contributed by atoms with Gasteiger partial charge in [0.2, 0.25) is 0 Å². The number of phenolic OH excluding ortho intramolecular Hbond substituents is 1. The number of carboxylic acid groups (broad SMARTS) is 2. The number of hydrogen-bond acceptors (Lipinski definition) is 4. The lowest BCUT2D eigenvalue weighted by Crippen LogP contribution is -2.42. The second-order valence-corrected chi connectivity index (χ2v) is 3.51. The Labute approximate surface area is 102 Å². The SMILES string of the molecule is O=C(O)C[C@H](NC(=O)c1cccc(O)c1)C(=O)O. The number of amides is 1. The van der Waals surface area contributed by atoms with Crippen molar-refractivity contribution in [2.75, 3.05) is 0 Å². The summed E-state index contributed by atoms with van der Waals surface area (Å²) < 4.78 is 0. The third-order valence-corrected chi connectivity index (χ3v) is 2.09. The van der Waals surface area contributed by atoms with Gasteiger partial charge in [0, 0.05) is 5.56 Å². The van der Waals surface area contributed by atoms with Crippen LogP contribution < -0.4 is 5.32 Å². The molecule has 18 heavy (non-hydrogen) atoms. The minimum absolute atomic E-state index is 0.0478. The number of carbonyl (C=O) groups excluding carboxylic acids is 1. The van der Waals surface area contributed by atoms with E-state index >= 15 is 0 Å². The molecule has 0 aliphatic heterocycles. The van der Waals surface area contributed by atoms with Crippen molar-refractivity contribution >= 4 is 17.8 Å². The van der Waals surface area contributed by atoms with Gasteiger partial charge < -0.3 is 20.6 Å². The molecule has 0 saturated carbocycles. The molecule has 7 nitrogen and oxygen atoms in total. The van der Waals surface area contributed by atoms with Crippen LogP contribution in [0.3, 0.4) is 0 Å². The van der Waals surface area contributed by atoms with Gasteiger partial charge in [0.15, 0.2) is 0 Å². The first-order valence-electron chi connectivity index (χ1n) is 4.94. The first kappa shape index (κ1) is 13.5. The number of benzene rings is 1. The zero-order valence-electron chi connectivity index (χ0n) is 9.16. The Morgan fingerprint density at radius 3 is 2.39 bits per heavy atom. The lowest BCUT2D eigenvalue weighted by atomic mass is 10.1. The Bertz CT molecular complexity index is 484. The molecular weight excluding hydrogens is 242 g/mol. The van der Waals surface area contributed by atoms with Gasteiger partial charge in [0.05, 0.1) is 6.42 Å². The first-order valence-corrected chi connectivity index (χ1v) is 4.94. The van der Waals surface area contributed by atoms with Crippen LogP contribution in [0.15, 0.2) is 24.3 Å². The highest BCUT2D eigenvalue weighted by atomic mass is 16.4. The van der Waals surface area contributed by atoms with Crippen LogP contribution in [0.5, 0.6) is 5.75 Å². The molecule has 0 saturated heterocycles. The van der Waals surface area contributed by atoms with E-state index in [9.17, 15) is 14.4 Å². The fraction of sp³-hybridized carbons (Fsp3) is 0.182. The number of carboxylic acids is 2. The number of carbonyl (C=O) groups is 3. The van der Waals surface area contributed by atoms with E-state index in [0.29, 0.717) is 0 Å². The Hall–Kier alpha value is -2.57. The summed E-state index contributed by atoms with van der Waals surface area (Å²) in [7, 11) is 0. The summed E-state index contributed by atoms with van der Waals surface area (Å²) in [5.74, 6) is -3.68. The number of aromatic hydroxyl groups is 1. The van der Waals surface area contributed by atoms with Crippen molar-refractivity contribution in [3.05, 3.63) is 29.8 Å². The summed E-state index contributed by atoms with van der Waals surface area (Å²) in [6.07, 6.45) is -0.722. The van der Waals surface area contributed by atoms with E-state index in [1.54, 1.807) is 0 Å². The minimum Gasteiger partial charge on any atom is -0.508 e. The molecule has 1 amide bonds. The number of nitrogens with one attached hydrogen (secondary N) is 1. The number of aliphatic carboxylic acids is 2. The van der Waals surface area contributed by atoms with E-state index in [0.717, 1.165) is 6.07 Å². The topological polar surface area (TPSA) is 124 Å². The predicted octanol–water partition coefficient (Wildman–Crippen LogP) is 0.0499. The average molecular weight is 253 g/mol. The normalized spacial score (nSPS) is 11.6. The van der Waals surface area contributed by atoms with Crippen LogP contribution in [0, 0.1) is 0 Å². The predicted molar refractivity (Wildman–Crippen MR) is 59.2 cm³/mol. The maximum absolute atomic E-state index is 11.6. The van der Waals surface area contributed by atoms with Gasteiger partial charge >= 0.3 is 11.9 Å². The second kappa shape index (κ2) is 5.67. The van der Waals surface area contributed by atoms with Crippen LogP contribution in [0.2, 0.25) is 0 Å². The van der Waals surface area contributed by atoms with Gasteiger partial charge in [0.25, 0.3) is 5.91 Å². The van der Waals surface area contributed by atoms with E-state index in [-0.39, 0.29) is 11.3 Å². The molecule has 1 rings (SSSR count). The van der Waals surface area contributed by atoms with E-state index < -0.39 is 30.3 Å². The van der Waals surface area contributed by atoms with E-state index in [1.165, 1.54) is 18.2 Å². The van der Waals surface area contributed by atoms with Crippen LogP contribution in [0.4, 0.5) is 0 Å². The van der Waals surface area contributed by atoms with Gasteiger partial charge in [-0.15, -0.1) is 0 Å². The Morgan fingerprint density at radius 1 is 1.22 bits per heavy atom. The largest absolute Gasteiger partial charge is 0.508 e. The van der Waals surface area contributed by atoms with Crippen molar-refractivity contribution in [1.29, 1.82) is 0 Å². The standard InChI is InChI=1S/C11H11NO6/c13-7-3-1-2-6(4-7)10(16)12-8(11(17)18)5-9(14)15/h1-4,8,13H,5H2,(H,12,16)(H,14,15)(H,17,18)/t8-/m0/s1. The number of rotatable bonds is 5. The van der Waals surface area contributed by atoms with Gasteiger partial charge in [-0.05, 0) is 18.2 Å². The summed E-state index contributed by atoms with van der Waals surface area (Å²) in [4.78, 5) is 32.8. The summed E-state index contributed by atoms with van der Waals surface area (Å²) in [6, 6.07) is 3.77.